The predicted octanol–water partition coefficient (Wildman–Crippen LogP) is 2.62. The van der Waals surface area contributed by atoms with Gasteiger partial charge in [0.2, 0.25) is 0 Å². The van der Waals surface area contributed by atoms with Crippen LogP contribution >= 0.6 is 11.3 Å². The van der Waals surface area contributed by atoms with Crippen LogP contribution in [0.2, 0.25) is 0 Å². The number of carbonyl (C=O) groups excluding carboxylic acids is 1. The van der Waals surface area contributed by atoms with Crippen molar-refractivity contribution in [2.24, 2.45) is 0 Å². The van der Waals surface area contributed by atoms with Crippen LogP contribution in [0.15, 0.2) is 46.0 Å². The van der Waals surface area contributed by atoms with Gasteiger partial charge in [-0.05, 0) is 55.5 Å². The molecule has 1 aliphatic carbocycles. The van der Waals surface area contributed by atoms with Gasteiger partial charge in [0.1, 0.15) is 9.96 Å². The summed E-state index contributed by atoms with van der Waals surface area (Å²) in [5.74, 6) is 0.382. The lowest BCUT2D eigenvalue weighted by Crippen LogP contribution is -2.37. The summed E-state index contributed by atoms with van der Waals surface area (Å²) in [5.41, 5.74) is 0.524. The van der Waals surface area contributed by atoms with Crippen molar-refractivity contribution in [3.05, 3.63) is 41.8 Å². The van der Waals surface area contributed by atoms with Gasteiger partial charge in [0.05, 0.1) is 5.69 Å². The van der Waals surface area contributed by atoms with E-state index >= 15 is 0 Å². The molecule has 25 heavy (non-hydrogen) atoms. The van der Waals surface area contributed by atoms with E-state index in [1.807, 2.05) is 0 Å². The Hall–Kier alpha value is -2.06. The van der Waals surface area contributed by atoms with Crippen LogP contribution in [0, 0.1) is 0 Å². The maximum absolute atomic E-state index is 12.5. The largest absolute Gasteiger partial charge is 0.481 e. The molecule has 6 nitrogen and oxygen atoms in total. The summed E-state index contributed by atoms with van der Waals surface area (Å²) in [5, 5.41) is 4.62. The fourth-order valence-electron chi connectivity index (χ4n) is 2.22. The fourth-order valence-corrected chi connectivity index (χ4v) is 4.58. The molecular weight excluding hydrogens is 360 g/mol. The summed E-state index contributed by atoms with van der Waals surface area (Å²) in [6.07, 6.45) is 1.45. The zero-order chi connectivity index (χ0) is 18.0. The van der Waals surface area contributed by atoms with Crippen molar-refractivity contribution in [1.29, 1.82) is 0 Å². The normalized spacial score (nSPS) is 15.4. The first kappa shape index (κ1) is 17.8. The zero-order valence-electron chi connectivity index (χ0n) is 14.0. The number of nitrogens with one attached hydrogen (secondary N) is 1. The van der Waals surface area contributed by atoms with Gasteiger partial charge in [-0.2, -0.15) is 0 Å². The minimum Gasteiger partial charge on any atom is -0.481 e. The predicted molar refractivity (Wildman–Crippen MR) is 97.6 cm³/mol. The molecule has 1 aliphatic rings. The number of amides is 1. The Balaban J connectivity index is 1.66. The van der Waals surface area contributed by atoms with E-state index in [0.29, 0.717) is 15.6 Å². The number of benzene rings is 1. The van der Waals surface area contributed by atoms with Crippen LogP contribution in [0.3, 0.4) is 0 Å². The molecular formula is C17H20N2O4S2. The second-order valence-electron chi connectivity index (χ2n) is 5.94. The van der Waals surface area contributed by atoms with Gasteiger partial charge < -0.3 is 10.1 Å². The number of carbonyl (C=O) groups is 1. The number of thiophene rings is 1. The summed E-state index contributed by atoms with van der Waals surface area (Å²) in [7, 11) is -2.05. The van der Waals surface area contributed by atoms with Crippen LogP contribution < -0.4 is 14.4 Å². The van der Waals surface area contributed by atoms with E-state index in [9.17, 15) is 13.2 Å². The third-order valence-corrected chi connectivity index (χ3v) is 7.07. The topological polar surface area (TPSA) is 75.7 Å². The Labute approximate surface area is 151 Å². The molecule has 1 aromatic heterocycles. The fraction of sp³-hybridized carbons (Fsp3) is 0.353. The minimum atomic E-state index is -3.56. The molecule has 1 N–H and O–H groups in total. The Morgan fingerprint density at radius 3 is 2.52 bits per heavy atom. The summed E-state index contributed by atoms with van der Waals surface area (Å²) in [4.78, 5) is 11.9. The first-order chi connectivity index (χ1) is 11.9. The number of rotatable bonds is 7. The Bertz CT molecular complexity index is 828. The van der Waals surface area contributed by atoms with Crippen LogP contribution in [-0.4, -0.2) is 33.5 Å². The highest BCUT2D eigenvalue weighted by molar-refractivity contribution is 7.94. The van der Waals surface area contributed by atoms with Gasteiger partial charge in [-0.15, -0.1) is 11.3 Å². The van der Waals surface area contributed by atoms with E-state index in [2.05, 4.69) is 5.32 Å². The monoisotopic (exact) mass is 380 g/mol. The van der Waals surface area contributed by atoms with E-state index in [4.69, 9.17) is 4.74 Å². The smallest absolute Gasteiger partial charge is 0.273 e. The quantitative estimate of drug-likeness (QED) is 0.801. The van der Waals surface area contributed by atoms with Crippen LogP contribution in [0.5, 0.6) is 5.75 Å². The summed E-state index contributed by atoms with van der Waals surface area (Å²) in [6.45, 7) is 1.69. The highest BCUT2D eigenvalue weighted by atomic mass is 32.2. The van der Waals surface area contributed by atoms with Crippen molar-refractivity contribution in [2.75, 3.05) is 11.4 Å². The number of nitrogens with zero attached hydrogens (tertiary/aromatic N) is 1. The molecule has 3 rings (SSSR count). The summed E-state index contributed by atoms with van der Waals surface area (Å²) in [6, 6.07) is 10.2. The molecule has 1 aromatic carbocycles. The molecule has 1 heterocycles. The second-order valence-corrected chi connectivity index (χ2v) is 9.09. The van der Waals surface area contributed by atoms with E-state index in [1.54, 1.807) is 48.7 Å². The van der Waals surface area contributed by atoms with Crippen molar-refractivity contribution < 1.29 is 17.9 Å². The van der Waals surface area contributed by atoms with E-state index < -0.39 is 16.1 Å². The molecule has 1 saturated carbocycles. The maximum atomic E-state index is 12.5. The molecule has 2 aromatic rings. The standard InChI is InChI=1S/C17H20N2O4S2/c1-12(17(20)18-13-5-6-13)23-15-9-7-14(8-10-15)19(2)25(21,22)16-4-3-11-24-16/h3-4,7-13H,5-6H2,1-2H3,(H,18,20)/t12-/m0/s1. The lowest BCUT2D eigenvalue weighted by Gasteiger charge is -2.19. The SMILES string of the molecule is C[C@H](Oc1ccc(N(C)S(=O)(=O)c2cccs2)cc1)C(=O)NC1CC1. The molecule has 0 spiro atoms. The number of anilines is 1. The summed E-state index contributed by atoms with van der Waals surface area (Å²) < 4.78 is 32.2. The average Bonchev–Trinajstić information content (AvgIpc) is 3.23. The van der Waals surface area contributed by atoms with Crippen LogP contribution in [-0.2, 0) is 14.8 Å². The number of sulfonamides is 1. The van der Waals surface area contributed by atoms with Gasteiger partial charge in [-0.1, -0.05) is 6.07 Å². The molecule has 1 atom stereocenters. The highest BCUT2D eigenvalue weighted by Gasteiger charge is 2.26. The first-order valence-corrected chi connectivity index (χ1v) is 10.3. The average molecular weight is 380 g/mol. The molecule has 0 aliphatic heterocycles. The first-order valence-electron chi connectivity index (χ1n) is 7.97. The lowest BCUT2D eigenvalue weighted by molar-refractivity contribution is -0.127. The molecule has 1 fully saturated rings. The molecule has 0 unspecified atom stereocenters. The number of ether oxygens (including phenoxy) is 1. The van der Waals surface area contributed by atoms with Crippen molar-refractivity contribution in [1.82, 2.24) is 5.32 Å². The Kier molecular flexibility index (Phi) is 5.01. The third-order valence-electron chi connectivity index (χ3n) is 3.92. The lowest BCUT2D eigenvalue weighted by atomic mass is 10.3. The van der Waals surface area contributed by atoms with Crippen molar-refractivity contribution in [3.8, 4) is 5.75 Å². The van der Waals surface area contributed by atoms with Gasteiger partial charge in [0.15, 0.2) is 6.10 Å². The highest BCUT2D eigenvalue weighted by Crippen LogP contribution is 2.27. The molecule has 0 bridgehead atoms. The molecule has 0 radical (unpaired) electrons. The van der Waals surface area contributed by atoms with Crippen molar-refractivity contribution in [2.45, 2.75) is 36.1 Å². The van der Waals surface area contributed by atoms with Gasteiger partial charge >= 0.3 is 0 Å². The van der Waals surface area contributed by atoms with Gasteiger partial charge in [-0.3, -0.25) is 9.10 Å². The molecule has 8 heteroatoms. The minimum absolute atomic E-state index is 0.135. The maximum Gasteiger partial charge on any atom is 0.273 e. The van der Waals surface area contributed by atoms with E-state index in [0.717, 1.165) is 12.8 Å². The van der Waals surface area contributed by atoms with Crippen molar-refractivity contribution >= 4 is 33.0 Å². The number of hydrogen-bond acceptors (Lipinski definition) is 5. The van der Waals surface area contributed by atoms with E-state index in [1.165, 1.54) is 22.7 Å². The van der Waals surface area contributed by atoms with E-state index in [-0.39, 0.29) is 11.9 Å². The molecule has 1 amide bonds. The Morgan fingerprint density at radius 2 is 1.96 bits per heavy atom. The molecule has 0 saturated heterocycles. The number of hydrogen-bond donors (Lipinski definition) is 1. The van der Waals surface area contributed by atoms with Crippen LogP contribution in [0.1, 0.15) is 19.8 Å². The third kappa shape index (κ3) is 4.13. The molecule has 134 valence electrons. The van der Waals surface area contributed by atoms with Gasteiger partial charge in [0, 0.05) is 13.1 Å². The van der Waals surface area contributed by atoms with Crippen LogP contribution in [0.4, 0.5) is 5.69 Å². The van der Waals surface area contributed by atoms with Crippen molar-refractivity contribution in [3.63, 3.8) is 0 Å². The van der Waals surface area contributed by atoms with Gasteiger partial charge in [-0.25, -0.2) is 8.42 Å². The second kappa shape index (κ2) is 7.05. The van der Waals surface area contributed by atoms with Gasteiger partial charge in [0.25, 0.3) is 15.9 Å². The Morgan fingerprint density at radius 1 is 1.28 bits per heavy atom. The van der Waals surface area contributed by atoms with Crippen LogP contribution in [0.25, 0.3) is 0 Å². The summed E-state index contributed by atoms with van der Waals surface area (Å²) >= 11 is 1.18. The zero-order valence-corrected chi connectivity index (χ0v) is 15.6.